The molecule has 2 nitrogen and oxygen atoms in total. The number of aromatic amines is 1. The zero-order valence-corrected chi connectivity index (χ0v) is 11.9. The molecule has 0 fully saturated rings. The van der Waals surface area contributed by atoms with Crippen LogP contribution in [0.5, 0.6) is 0 Å². The van der Waals surface area contributed by atoms with Crippen molar-refractivity contribution in [3.05, 3.63) is 42.2 Å². The summed E-state index contributed by atoms with van der Waals surface area (Å²) in [6.45, 7) is 3.87. The Morgan fingerprint density at radius 3 is 2.75 bits per heavy atom. The third kappa shape index (κ3) is 1.86. The van der Waals surface area contributed by atoms with Crippen molar-refractivity contribution in [3.8, 4) is 0 Å². The predicted octanol–water partition coefficient (Wildman–Crippen LogP) is 3.66. The van der Waals surface area contributed by atoms with Gasteiger partial charge < -0.3 is 4.98 Å². The molecule has 0 aliphatic heterocycles. The molecular formula is C12H11ClINO. The molecule has 0 saturated carbocycles. The lowest BCUT2D eigenvalue weighted by molar-refractivity contribution is 1.02. The SMILES string of the molecule is CCc1[nH]c2c(Cl)cc(I)cc2c(=O)c1C. The molecule has 0 spiro atoms. The minimum absolute atomic E-state index is 0.0750. The number of benzene rings is 1. The molecule has 1 N–H and O–H groups in total. The van der Waals surface area contributed by atoms with Crippen molar-refractivity contribution < 1.29 is 0 Å². The number of rotatable bonds is 1. The maximum atomic E-state index is 12.1. The molecule has 1 heterocycles. The van der Waals surface area contributed by atoms with Gasteiger partial charge in [-0.3, -0.25) is 4.79 Å². The fraction of sp³-hybridized carbons (Fsp3) is 0.250. The molecule has 0 aliphatic carbocycles. The number of pyridine rings is 1. The van der Waals surface area contributed by atoms with Gasteiger partial charge >= 0.3 is 0 Å². The first-order chi connectivity index (χ1) is 7.54. The number of fused-ring (bicyclic) bond motifs is 1. The molecule has 0 amide bonds. The molecule has 0 bridgehead atoms. The van der Waals surface area contributed by atoms with E-state index in [1.165, 1.54) is 0 Å². The van der Waals surface area contributed by atoms with Gasteiger partial charge in [-0.25, -0.2) is 0 Å². The first-order valence-electron chi connectivity index (χ1n) is 5.05. The van der Waals surface area contributed by atoms with Crippen LogP contribution in [0.1, 0.15) is 18.2 Å². The summed E-state index contributed by atoms with van der Waals surface area (Å²) in [5, 5.41) is 1.28. The van der Waals surface area contributed by atoms with Crippen molar-refractivity contribution in [2.75, 3.05) is 0 Å². The van der Waals surface area contributed by atoms with Gasteiger partial charge in [-0.05, 0) is 48.1 Å². The topological polar surface area (TPSA) is 32.9 Å². The van der Waals surface area contributed by atoms with E-state index in [1.807, 2.05) is 26.0 Å². The van der Waals surface area contributed by atoms with Gasteiger partial charge in [0.05, 0.1) is 10.5 Å². The Balaban J connectivity index is 2.99. The highest BCUT2D eigenvalue weighted by Crippen LogP contribution is 2.23. The van der Waals surface area contributed by atoms with E-state index in [0.29, 0.717) is 10.4 Å². The summed E-state index contributed by atoms with van der Waals surface area (Å²) < 4.78 is 0.976. The Kier molecular flexibility index (Phi) is 3.26. The van der Waals surface area contributed by atoms with Crippen LogP contribution in [0.3, 0.4) is 0 Å². The number of aryl methyl sites for hydroxylation is 1. The summed E-state index contributed by atoms with van der Waals surface area (Å²) in [5.74, 6) is 0. The molecule has 4 heteroatoms. The number of hydrogen-bond acceptors (Lipinski definition) is 1. The van der Waals surface area contributed by atoms with E-state index in [2.05, 4.69) is 27.6 Å². The van der Waals surface area contributed by atoms with Gasteiger partial charge in [0.2, 0.25) is 0 Å². The van der Waals surface area contributed by atoms with E-state index >= 15 is 0 Å². The maximum Gasteiger partial charge on any atom is 0.192 e. The van der Waals surface area contributed by atoms with Crippen LogP contribution in [-0.4, -0.2) is 4.98 Å². The third-order valence-corrected chi connectivity index (χ3v) is 3.64. The molecule has 0 aliphatic rings. The molecule has 1 aromatic heterocycles. The van der Waals surface area contributed by atoms with Crippen LogP contribution in [-0.2, 0) is 6.42 Å². The molecule has 0 atom stereocenters. The molecule has 1 aromatic carbocycles. The van der Waals surface area contributed by atoms with Crippen LogP contribution in [0.4, 0.5) is 0 Å². The molecule has 84 valence electrons. The quantitative estimate of drug-likeness (QED) is 0.785. The average Bonchev–Trinajstić information content (AvgIpc) is 2.24. The highest BCUT2D eigenvalue weighted by Gasteiger charge is 2.10. The summed E-state index contributed by atoms with van der Waals surface area (Å²) in [7, 11) is 0. The van der Waals surface area contributed by atoms with Crippen LogP contribution in [0.25, 0.3) is 10.9 Å². The summed E-state index contributed by atoms with van der Waals surface area (Å²) in [6.07, 6.45) is 0.805. The van der Waals surface area contributed by atoms with Crippen molar-refractivity contribution in [1.82, 2.24) is 4.98 Å². The van der Waals surface area contributed by atoms with Crippen LogP contribution in [0.15, 0.2) is 16.9 Å². The van der Waals surface area contributed by atoms with E-state index in [9.17, 15) is 4.79 Å². The Morgan fingerprint density at radius 2 is 2.12 bits per heavy atom. The lowest BCUT2D eigenvalue weighted by atomic mass is 10.1. The highest BCUT2D eigenvalue weighted by atomic mass is 127. The van der Waals surface area contributed by atoms with E-state index in [1.54, 1.807) is 0 Å². The first kappa shape index (κ1) is 11.9. The van der Waals surface area contributed by atoms with Gasteiger partial charge in [0.1, 0.15) is 0 Å². The number of nitrogens with one attached hydrogen (secondary N) is 1. The minimum Gasteiger partial charge on any atom is -0.357 e. The second-order valence-corrected chi connectivity index (χ2v) is 5.37. The van der Waals surface area contributed by atoms with Crippen molar-refractivity contribution >= 4 is 45.1 Å². The average molecular weight is 348 g/mol. The van der Waals surface area contributed by atoms with Gasteiger partial charge in [0, 0.05) is 20.2 Å². The molecule has 2 aromatic rings. The Hall–Kier alpha value is -0.550. The van der Waals surface area contributed by atoms with Gasteiger partial charge in [0.15, 0.2) is 5.43 Å². The fourth-order valence-corrected chi connectivity index (χ4v) is 2.89. The number of halogens is 2. The van der Waals surface area contributed by atoms with E-state index < -0.39 is 0 Å². The van der Waals surface area contributed by atoms with Gasteiger partial charge in [-0.2, -0.15) is 0 Å². The monoisotopic (exact) mass is 347 g/mol. The molecule has 0 radical (unpaired) electrons. The zero-order valence-electron chi connectivity index (χ0n) is 9.03. The highest BCUT2D eigenvalue weighted by molar-refractivity contribution is 14.1. The third-order valence-electron chi connectivity index (χ3n) is 2.72. The van der Waals surface area contributed by atoms with Gasteiger partial charge in [-0.1, -0.05) is 18.5 Å². The Morgan fingerprint density at radius 1 is 1.44 bits per heavy atom. The number of hydrogen-bond donors (Lipinski definition) is 1. The standard InChI is InChI=1S/C12H11ClINO/c1-3-10-6(2)12(16)8-4-7(14)5-9(13)11(8)15-10/h4-5H,3H2,1-2H3,(H,15,16). The fourth-order valence-electron chi connectivity index (χ4n) is 1.82. The second kappa shape index (κ2) is 4.37. The second-order valence-electron chi connectivity index (χ2n) is 3.72. The molecule has 2 rings (SSSR count). The summed E-state index contributed by atoms with van der Waals surface area (Å²) in [4.78, 5) is 15.4. The molecule has 0 unspecified atom stereocenters. The van der Waals surface area contributed by atoms with Crippen LogP contribution in [0, 0.1) is 10.5 Å². The first-order valence-corrected chi connectivity index (χ1v) is 6.50. The number of aromatic nitrogens is 1. The van der Waals surface area contributed by atoms with E-state index in [-0.39, 0.29) is 5.43 Å². The van der Waals surface area contributed by atoms with Crippen LogP contribution in [0.2, 0.25) is 5.02 Å². The van der Waals surface area contributed by atoms with E-state index in [0.717, 1.165) is 26.8 Å². The smallest absolute Gasteiger partial charge is 0.192 e. The van der Waals surface area contributed by atoms with Crippen molar-refractivity contribution in [2.45, 2.75) is 20.3 Å². The molecule has 16 heavy (non-hydrogen) atoms. The normalized spacial score (nSPS) is 11.0. The number of H-pyrrole nitrogens is 1. The minimum atomic E-state index is 0.0750. The van der Waals surface area contributed by atoms with Gasteiger partial charge in [-0.15, -0.1) is 0 Å². The van der Waals surface area contributed by atoms with Crippen molar-refractivity contribution in [2.24, 2.45) is 0 Å². The van der Waals surface area contributed by atoms with Crippen molar-refractivity contribution in [1.29, 1.82) is 0 Å². The largest absolute Gasteiger partial charge is 0.357 e. The van der Waals surface area contributed by atoms with Crippen LogP contribution < -0.4 is 5.43 Å². The van der Waals surface area contributed by atoms with Gasteiger partial charge in [0.25, 0.3) is 0 Å². The molecular weight excluding hydrogens is 336 g/mol. The van der Waals surface area contributed by atoms with E-state index in [4.69, 9.17) is 11.6 Å². The Labute approximate surface area is 112 Å². The molecule has 0 saturated heterocycles. The summed E-state index contributed by atoms with van der Waals surface area (Å²) in [5.41, 5.74) is 2.56. The summed E-state index contributed by atoms with van der Waals surface area (Å²) >= 11 is 8.30. The maximum absolute atomic E-state index is 12.1. The Bertz CT molecular complexity index is 618. The van der Waals surface area contributed by atoms with Crippen LogP contribution >= 0.6 is 34.2 Å². The van der Waals surface area contributed by atoms with Crippen molar-refractivity contribution in [3.63, 3.8) is 0 Å². The lowest BCUT2D eigenvalue weighted by Gasteiger charge is -2.08. The summed E-state index contributed by atoms with van der Waals surface area (Å²) in [6, 6.07) is 3.72. The zero-order chi connectivity index (χ0) is 11.9. The lowest BCUT2D eigenvalue weighted by Crippen LogP contribution is -2.11. The predicted molar refractivity (Wildman–Crippen MR) is 76.4 cm³/mol.